The molecule has 26 heavy (non-hydrogen) atoms. The van der Waals surface area contributed by atoms with Gasteiger partial charge >= 0.3 is 5.97 Å². The fourth-order valence-corrected chi connectivity index (χ4v) is 2.51. The Hall–Kier alpha value is -3.03. The number of piperazine rings is 1. The van der Waals surface area contributed by atoms with Gasteiger partial charge in [-0.25, -0.2) is 4.79 Å². The van der Waals surface area contributed by atoms with Gasteiger partial charge in [0.25, 0.3) is 5.91 Å². The molecule has 2 rings (SSSR count). The highest BCUT2D eigenvalue weighted by Gasteiger charge is 2.22. The highest BCUT2D eigenvalue weighted by molar-refractivity contribution is 5.89. The molecular formula is C18H22N2O6. The van der Waals surface area contributed by atoms with Gasteiger partial charge in [-0.05, 0) is 23.8 Å². The van der Waals surface area contributed by atoms with Crippen molar-refractivity contribution in [3.05, 3.63) is 29.8 Å². The van der Waals surface area contributed by atoms with E-state index in [1.807, 2.05) is 0 Å². The Kier molecular flexibility index (Phi) is 6.60. The number of benzene rings is 1. The van der Waals surface area contributed by atoms with E-state index < -0.39 is 5.97 Å². The number of nitrogens with zero attached hydrogens (tertiary/aromatic N) is 2. The molecule has 0 aromatic heterocycles. The Morgan fingerprint density at radius 3 is 2.42 bits per heavy atom. The van der Waals surface area contributed by atoms with Gasteiger partial charge in [0.1, 0.15) is 0 Å². The van der Waals surface area contributed by atoms with Crippen molar-refractivity contribution in [2.45, 2.75) is 6.92 Å². The van der Waals surface area contributed by atoms with Crippen molar-refractivity contribution in [3.63, 3.8) is 0 Å². The minimum Gasteiger partial charge on any atom is -0.504 e. The van der Waals surface area contributed by atoms with Crippen molar-refractivity contribution < 1.29 is 29.0 Å². The van der Waals surface area contributed by atoms with Crippen molar-refractivity contribution in [1.29, 1.82) is 0 Å². The lowest BCUT2D eigenvalue weighted by Crippen LogP contribution is -2.51. The number of aromatic hydroxyl groups is 1. The SMILES string of the molecule is COc1cc(/C=C/C(=O)OCC(=O)N2CCN(C(C)=O)CC2)ccc1O. The number of hydrogen-bond acceptors (Lipinski definition) is 6. The van der Waals surface area contributed by atoms with Crippen LogP contribution in [0, 0.1) is 0 Å². The fourth-order valence-electron chi connectivity index (χ4n) is 2.51. The van der Waals surface area contributed by atoms with Gasteiger partial charge in [-0.15, -0.1) is 0 Å². The Balaban J connectivity index is 1.79. The number of methoxy groups -OCH3 is 1. The van der Waals surface area contributed by atoms with Crippen molar-refractivity contribution in [1.82, 2.24) is 9.80 Å². The normalized spacial score (nSPS) is 14.4. The van der Waals surface area contributed by atoms with Gasteiger partial charge in [0.15, 0.2) is 18.1 Å². The molecule has 140 valence electrons. The monoisotopic (exact) mass is 362 g/mol. The summed E-state index contributed by atoms with van der Waals surface area (Å²) in [5, 5.41) is 9.52. The number of ether oxygens (including phenoxy) is 2. The zero-order chi connectivity index (χ0) is 19.1. The van der Waals surface area contributed by atoms with Crippen LogP contribution < -0.4 is 4.74 Å². The van der Waals surface area contributed by atoms with E-state index in [-0.39, 0.29) is 24.2 Å². The van der Waals surface area contributed by atoms with E-state index in [0.717, 1.165) is 0 Å². The number of phenolic OH excluding ortho intramolecular Hbond substituents is 1. The van der Waals surface area contributed by atoms with Crippen molar-refractivity contribution in [2.75, 3.05) is 39.9 Å². The molecule has 0 unspecified atom stereocenters. The van der Waals surface area contributed by atoms with Crippen LogP contribution in [0.3, 0.4) is 0 Å². The van der Waals surface area contributed by atoms with Crippen LogP contribution in [0.2, 0.25) is 0 Å². The number of phenols is 1. The van der Waals surface area contributed by atoms with Crippen molar-refractivity contribution in [2.24, 2.45) is 0 Å². The highest BCUT2D eigenvalue weighted by Crippen LogP contribution is 2.26. The molecule has 1 saturated heterocycles. The van der Waals surface area contributed by atoms with Gasteiger partial charge in [-0.2, -0.15) is 0 Å². The van der Waals surface area contributed by atoms with Crippen LogP contribution in [0.15, 0.2) is 24.3 Å². The summed E-state index contributed by atoms with van der Waals surface area (Å²) >= 11 is 0. The third-order valence-corrected chi connectivity index (χ3v) is 4.03. The quantitative estimate of drug-likeness (QED) is 0.610. The molecule has 0 atom stereocenters. The standard InChI is InChI=1S/C18H22N2O6/c1-13(21)19-7-9-20(10-8-19)17(23)12-26-18(24)6-4-14-3-5-15(22)16(11-14)25-2/h3-6,11,22H,7-10,12H2,1-2H3/b6-4+. The second-order valence-electron chi connectivity index (χ2n) is 5.76. The summed E-state index contributed by atoms with van der Waals surface area (Å²) in [4.78, 5) is 38.3. The number of rotatable bonds is 5. The predicted molar refractivity (Wildman–Crippen MR) is 93.5 cm³/mol. The summed E-state index contributed by atoms with van der Waals surface area (Å²) in [5.41, 5.74) is 0.642. The maximum atomic E-state index is 12.1. The Morgan fingerprint density at radius 1 is 1.15 bits per heavy atom. The Bertz CT molecular complexity index is 708. The molecule has 8 heteroatoms. The van der Waals surface area contributed by atoms with Crippen LogP contribution in [0.5, 0.6) is 11.5 Å². The average molecular weight is 362 g/mol. The molecule has 1 aromatic carbocycles. The van der Waals surface area contributed by atoms with Gasteiger partial charge in [-0.3, -0.25) is 9.59 Å². The van der Waals surface area contributed by atoms with Gasteiger partial charge in [-0.1, -0.05) is 6.07 Å². The fraction of sp³-hybridized carbons (Fsp3) is 0.389. The highest BCUT2D eigenvalue weighted by atomic mass is 16.5. The molecule has 1 N–H and O–H groups in total. The second kappa shape index (κ2) is 8.89. The van der Waals surface area contributed by atoms with E-state index >= 15 is 0 Å². The minimum absolute atomic E-state index is 0.00249. The van der Waals surface area contributed by atoms with Crippen LogP contribution >= 0.6 is 0 Å². The third-order valence-electron chi connectivity index (χ3n) is 4.03. The van der Waals surface area contributed by atoms with Crippen LogP contribution in [-0.4, -0.2) is 72.6 Å². The Morgan fingerprint density at radius 2 is 1.81 bits per heavy atom. The lowest BCUT2D eigenvalue weighted by Gasteiger charge is -2.34. The van der Waals surface area contributed by atoms with Crippen LogP contribution in [-0.2, 0) is 19.1 Å². The molecule has 1 fully saturated rings. The number of esters is 1. The zero-order valence-electron chi connectivity index (χ0n) is 14.8. The minimum atomic E-state index is -0.646. The Labute approximate surface area is 151 Å². The van der Waals surface area contributed by atoms with Gasteiger partial charge < -0.3 is 24.4 Å². The number of amides is 2. The van der Waals surface area contributed by atoms with E-state index in [9.17, 15) is 19.5 Å². The van der Waals surface area contributed by atoms with Crippen LogP contribution in [0.25, 0.3) is 6.08 Å². The van der Waals surface area contributed by atoms with E-state index in [2.05, 4.69) is 0 Å². The third kappa shape index (κ3) is 5.23. The van der Waals surface area contributed by atoms with Gasteiger partial charge in [0.2, 0.25) is 5.91 Å². The summed E-state index contributed by atoms with van der Waals surface area (Å²) in [7, 11) is 1.43. The first-order valence-corrected chi connectivity index (χ1v) is 8.16. The number of carbonyl (C=O) groups is 3. The lowest BCUT2D eigenvalue weighted by molar-refractivity contribution is -0.149. The molecule has 2 amide bonds. The molecule has 0 radical (unpaired) electrons. The first kappa shape index (κ1) is 19.3. The lowest BCUT2D eigenvalue weighted by atomic mass is 10.2. The molecule has 8 nitrogen and oxygen atoms in total. The average Bonchev–Trinajstić information content (AvgIpc) is 2.65. The maximum absolute atomic E-state index is 12.1. The summed E-state index contributed by atoms with van der Waals surface area (Å²) in [5.74, 6) is -0.656. The first-order valence-electron chi connectivity index (χ1n) is 8.16. The number of hydrogen-bond donors (Lipinski definition) is 1. The smallest absolute Gasteiger partial charge is 0.331 e. The second-order valence-corrected chi connectivity index (χ2v) is 5.76. The van der Waals surface area contributed by atoms with Crippen molar-refractivity contribution >= 4 is 23.9 Å². The maximum Gasteiger partial charge on any atom is 0.331 e. The molecule has 0 aliphatic carbocycles. The van der Waals surface area contributed by atoms with Gasteiger partial charge in [0.05, 0.1) is 7.11 Å². The topological polar surface area (TPSA) is 96.4 Å². The number of carbonyl (C=O) groups excluding carboxylic acids is 3. The van der Waals surface area contributed by atoms with Crippen molar-refractivity contribution in [3.8, 4) is 11.5 Å². The molecule has 1 aromatic rings. The molecular weight excluding hydrogens is 340 g/mol. The van der Waals surface area contributed by atoms with E-state index in [1.54, 1.807) is 21.9 Å². The first-order chi connectivity index (χ1) is 12.4. The molecule has 1 aliphatic heterocycles. The predicted octanol–water partition coefficient (Wildman–Crippen LogP) is 0.648. The molecule has 1 aliphatic rings. The summed E-state index contributed by atoms with van der Waals surface area (Å²) in [6, 6.07) is 4.63. The molecule has 0 bridgehead atoms. The summed E-state index contributed by atoms with van der Waals surface area (Å²) < 4.78 is 9.94. The summed E-state index contributed by atoms with van der Waals surface area (Å²) in [6.07, 6.45) is 2.70. The largest absolute Gasteiger partial charge is 0.504 e. The van der Waals surface area contributed by atoms with E-state index in [0.29, 0.717) is 37.5 Å². The van der Waals surface area contributed by atoms with E-state index in [1.165, 1.54) is 32.3 Å². The van der Waals surface area contributed by atoms with E-state index in [4.69, 9.17) is 9.47 Å². The van der Waals surface area contributed by atoms with Crippen LogP contribution in [0.1, 0.15) is 12.5 Å². The van der Waals surface area contributed by atoms with Gasteiger partial charge in [0, 0.05) is 39.2 Å². The summed E-state index contributed by atoms with van der Waals surface area (Å²) in [6.45, 7) is 2.98. The molecule has 0 saturated carbocycles. The molecule has 1 heterocycles. The van der Waals surface area contributed by atoms with Crippen LogP contribution in [0.4, 0.5) is 0 Å². The zero-order valence-corrected chi connectivity index (χ0v) is 14.8. The molecule has 0 spiro atoms.